The summed E-state index contributed by atoms with van der Waals surface area (Å²) in [7, 11) is 0. The van der Waals surface area contributed by atoms with E-state index in [4.69, 9.17) is 0 Å². The SMILES string of the molecule is O=C1N(Cc2cccc(F)c2F)CCC[C@@]1(O)CNCC1CCCCC1. The van der Waals surface area contributed by atoms with E-state index in [2.05, 4.69) is 5.32 Å². The van der Waals surface area contributed by atoms with Gasteiger partial charge in [0.25, 0.3) is 5.91 Å². The summed E-state index contributed by atoms with van der Waals surface area (Å²) in [6.45, 7) is 1.45. The molecule has 1 saturated carbocycles. The molecule has 1 aromatic carbocycles. The summed E-state index contributed by atoms with van der Waals surface area (Å²) in [6.07, 6.45) is 7.24. The van der Waals surface area contributed by atoms with Gasteiger partial charge < -0.3 is 15.3 Å². The molecule has 26 heavy (non-hydrogen) atoms. The van der Waals surface area contributed by atoms with E-state index < -0.39 is 23.1 Å². The Bertz CT molecular complexity index is 634. The third kappa shape index (κ3) is 4.41. The van der Waals surface area contributed by atoms with E-state index in [9.17, 15) is 18.7 Å². The summed E-state index contributed by atoms with van der Waals surface area (Å²) in [5.41, 5.74) is -1.32. The van der Waals surface area contributed by atoms with E-state index in [0.29, 0.717) is 25.3 Å². The third-order valence-corrected chi connectivity index (χ3v) is 5.67. The van der Waals surface area contributed by atoms with Crippen LogP contribution in [-0.4, -0.2) is 41.1 Å². The molecule has 2 fully saturated rings. The molecule has 0 aromatic heterocycles. The standard InChI is InChI=1S/C20H28F2N2O2/c21-17-9-4-8-16(18(17)22)13-24-11-5-10-20(26,19(24)25)14-23-12-15-6-2-1-3-7-15/h4,8-9,15,23,26H,1-3,5-7,10-14H2/t20-/m1/s1. The van der Waals surface area contributed by atoms with Crippen LogP contribution in [0.4, 0.5) is 8.78 Å². The van der Waals surface area contributed by atoms with Crippen molar-refractivity contribution >= 4 is 5.91 Å². The van der Waals surface area contributed by atoms with Gasteiger partial charge in [0.2, 0.25) is 0 Å². The first kappa shape index (κ1) is 19.2. The second kappa shape index (κ2) is 8.44. The highest BCUT2D eigenvalue weighted by Crippen LogP contribution is 2.26. The van der Waals surface area contributed by atoms with E-state index in [1.807, 2.05) is 0 Å². The van der Waals surface area contributed by atoms with Gasteiger partial charge in [-0.15, -0.1) is 0 Å². The van der Waals surface area contributed by atoms with E-state index in [1.54, 1.807) is 0 Å². The van der Waals surface area contributed by atoms with Gasteiger partial charge >= 0.3 is 0 Å². The number of hydrogen-bond acceptors (Lipinski definition) is 3. The van der Waals surface area contributed by atoms with Crippen molar-refractivity contribution in [1.82, 2.24) is 10.2 Å². The average Bonchev–Trinajstić information content (AvgIpc) is 2.64. The fraction of sp³-hybridized carbons (Fsp3) is 0.650. The monoisotopic (exact) mass is 366 g/mol. The second-order valence-electron chi connectivity index (χ2n) is 7.71. The van der Waals surface area contributed by atoms with Crippen LogP contribution in [-0.2, 0) is 11.3 Å². The zero-order valence-corrected chi connectivity index (χ0v) is 15.1. The van der Waals surface area contributed by atoms with Crippen LogP contribution < -0.4 is 5.32 Å². The van der Waals surface area contributed by atoms with Crippen molar-refractivity contribution in [1.29, 1.82) is 0 Å². The summed E-state index contributed by atoms with van der Waals surface area (Å²) in [4.78, 5) is 14.2. The molecule has 0 bridgehead atoms. The van der Waals surface area contributed by atoms with Crippen LogP contribution in [0, 0.1) is 17.6 Å². The number of benzene rings is 1. The van der Waals surface area contributed by atoms with E-state index in [0.717, 1.165) is 12.6 Å². The van der Waals surface area contributed by atoms with Crippen molar-refractivity contribution in [3.8, 4) is 0 Å². The van der Waals surface area contributed by atoms with Crippen LogP contribution in [0.25, 0.3) is 0 Å². The molecular formula is C20H28F2N2O2. The number of amides is 1. The summed E-state index contributed by atoms with van der Waals surface area (Å²) in [5.74, 6) is -1.63. The molecule has 2 N–H and O–H groups in total. The average molecular weight is 366 g/mol. The van der Waals surface area contributed by atoms with Crippen molar-refractivity contribution < 1.29 is 18.7 Å². The van der Waals surface area contributed by atoms with Gasteiger partial charge in [-0.25, -0.2) is 8.78 Å². The molecule has 1 atom stereocenters. The number of rotatable bonds is 6. The number of nitrogens with one attached hydrogen (secondary N) is 1. The van der Waals surface area contributed by atoms with Gasteiger partial charge in [0, 0.05) is 25.2 Å². The molecule has 1 aliphatic heterocycles. The van der Waals surface area contributed by atoms with Gasteiger partial charge in [0.05, 0.1) is 0 Å². The summed E-state index contributed by atoms with van der Waals surface area (Å²) < 4.78 is 27.3. The smallest absolute Gasteiger partial charge is 0.256 e. The summed E-state index contributed by atoms with van der Waals surface area (Å²) in [6, 6.07) is 3.96. The largest absolute Gasteiger partial charge is 0.379 e. The fourth-order valence-corrected chi connectivity index (χ4v) is 4.13. The maximum atomic E-state index is 13.9. The van der Waals surface area contributed by atoms with Gasteiger partial charge in [-0.05, 0) is 44.2 Å². The first-order valence-corrected chi connectivity index (χ1v) is 9.65. The predicted octanol–water partition coefficient (Wildman–Crippen LogP) is 2.99. The number of carbonyl (C=O) groups is 1. The summed E-state index contributed by atoms with van der Waals surface area (Å²) in [5, 5.41) is 14.1. The molecule has 1 amide bonds. The van der Waals surface area contributed by atoms with Crippen LogP contribution in [0.5, 0.6) is 0 Å². The lowest BCUT2D eigenvalue weighted by molar-refractivity contribution is -0.157. The molecule has 6 heteroatoms. The van der Waals surface area contributed by atoms with Crippen molar-refractivity contribution in [2.24, 2.45) is 5.92 Å². The van der Waals surface area contributed by atoms with Crippen LogP contribution in [0.3, 0.4) is 0 Å². The van der Waals surface area contributed by atoms with Gasteiger partial charge in [-0.3, -0.25) is 4.79 Å². The van der Waals surface area contributed by atoms with Gasteiger partial charge in [0.1, 0.15) is 0 Å². The normalized spacial score (nSPS) is 24.9. The zero-order valence-electron chi connectivity index (χ0n) is 15.1. The molecule has 1 saturated heterocycles. The Kier molecular flexibility index (Phi) is 6.24. The molecule has 2 aliphatic rings. The Morgan fingerprint density at radius 2 is 1.96 bits per heavy atom. The minimum Gasteiger partial charge on any atom is -0.379 e. The number of likely N-dealkylation sites (tertiary alicyclic amines) is 1. The molecule has 1 aliphatic carbocycles. The summed E-state index contributed by atoms with van der Waals surface area (Å²) >= 11 is 0. The molecule has 0 radical (unpaired) electrons. The molecule has 1 aromatic rings. The van der Waals surface area contributed by atoms with Crippen LogP contribution >= 0.6 is 0 Å². The highest BCUT2D eigenvalue weighted by molar-refractivity contribution is 5.86. The topological polar surface area (TPSA) is 52.6 Å². The molecule has 1 heterocycles. The third-order valence-electron chi connectivity index (χ3n) is 5.67. The maximum absolute atomic E-state index is 13.9. The van der Waals surface area contributed by atoms with E-state index in [1.165, 1.54) is 49.1 Å². The first-order valence-electron chi connectivity index (χ1n) is 9.65. The Balaban J connectivity index is 1.58. The quantitative estimate of drug-likeness (QED) is 0.814. The predicted molar refractivity (Wildman–Crippen MR) is 95.4 cm³/mol. The maximum Gasteiger partial charge on any atom is 0.256 e. The Hall–Kier alpha value is -1.53. The second-order valence-corrected chi connectivity index (χ2v) is 7.71. The number of aliphatic hydroxyl groups is 1. The van der Waals surface area contributed by atoms with Gasteiger partial charge in [-0.1, -0.05) is 31.4 Å². The Morgan fingerprint density at radius 3 is 2.73 bits per heavy atom. The number of halogens is 2. The van der Waals surface area contributed by atoms with Crippen molar-refractivity contribution in [3.05, 3.63) is 35.4 Å². The van der Waals surface area contributed by atoms with Gasteiger partial charge in [0.15, 0.2) is 17.2 Å². The van der Waals surface area contributed by atoms with Crippen molar-refractivity contribution in [2.75, 3.05) is 19.6 Å². The molecule has 0 unspecified atom stereocenters. The minimum atomic E-state index is -1.46. The highest BCUT2D eigenvalue weighted by atomic mass is 19.2. The molecular weight excluding hydrogens is 338 g/mol. The molecule has 0 spiro atoms. The highest BCUT2D eigenvalue weighted by Gasteiger charge is 2.42. The van der Waals surface area contributed by atoms with E-state index in [-0.39, 0.29) is 18.7 Å². The van der Waals surface area contributed by atoms with Crippen LogP contribution in [0.15, 0.2) is 18.2 Å². The molecule has 3 rings (SSSR count). The van der Waals surface area contributed by atoms with Crippen LogP contribution in [0.2, 0.25) is 0 Å². The van der Waals surface area contributed by atoms with E-state index >= 15 is 0 Å². The van der Waals surface area contributed by atoms with Crippen molar-refractivity contribution in [3.63, 3.8) is 0 Å². The number of hydrogen-bond donors (Lipinski definition) is 2. The number of carbonyl (C=O) groups excluding carboxylic acids is 1. The molecule has 144 valence electrons. The minimum absolute atomic E-state index is 0.0205. The number of piperidine rings is 1. The lowest BCUT2D eigenvalue weighted by Gasteiger charge is -2.38. The fourth-order valence-electron chi connectivity index (χ4n) is 4.13. The van der Waals surface area contributed by atoms with Gasteiger partial charge in [-0.2, -0.15) is 0 Å². The molecule has 4 nitrogen and oxygen atoms in total. The Labute approximate surface area is 153 Å². The first-order chi connectivity index (χ1) is 12.5. The lowest BCUT2D eigenvalue weighted by atomic mass is 9.88. The van der Waals surface area contributed by atoms with Crippen molar-refractivity contribution in [2.45, 2.75) is 57.1 Å². The zero-order chi connectivity index (χ0) is 18.6. The number of nitrogens with zero attached hydrogens (tertiary/aromatic N) is 1. The lowest BCUT2D eigenvalue weighted by Crippen LogP contribution is -2.58. The van der Waals surface area contributed by atoms with Crippen LogP contribution in [0.1, 0.15) is 50.5 Å². The Morgan fingerprint density at radius 1 is 1.19 bits per heavy atom.